The maximum atomic E-state index is 12.5. The van der Waals surface area contributed by atoms with Gasteiger partial charge in [0.1, 0.15) is 5.92 Å². The number of fused-ring (bicyclic) bond motifs is 2. The van der Waals surface area contributed by atoms with Crippen molar-refractivity contribution >= 4 is 23.5 Å². The van der Waals surface area contributed by atoms with Crippen molar-refractivity contribution in [3.05, 3.63) is 42.0 Å². The van der Waals surface area contributed by atoms with Crippen molar-refractivity contribution < 1.29 is 29.0 Å². The number of carboxylic acid groups (broad SMARTS) is 1. The number of ether oxygens (including phenoxy) is 2. The monoisotopic (exact) mass is 359 g/mol. The lowest BCUT2D eigenvalue weighted by Gasteiger charge is -2.21. The van der Waals surface area contributed by atoms with Crippen LogP contribution in [0.2, 0.25) is 0 Å². The summed E-state index contributed by atoms with van der Waals surface area (Å²) in [6.45, 7) is 2.39. The van der Waals surface area contributed by atoms with Crippen molar-refractivity contribution in [1.82, 2.24) is 0 Å². The first-order valence-corrected chi connectivity index (χ1v) is 8.66. The number of rotatable bonds is 7. The Balaban J connectivity index is 1.62. The SMILES string of the molecule is CCCCOC(=O)c1ccc(NC(=O)[C@@H]2[C@@H](C(=O)O)[C@@H]3C=C[C@H]2O3)cc1. The first kappa shape index (κ1) is 18.1. The molecule has 0 aromatic heterocycles. The van der Waals surface area contributed by atoms with Crippen LogP contribution in [0.4, 0.5) is 5.69 Å². The van der Waals surface area contributed by atoms with E-state index in [1.54, 1.807) is 36.4 Å². The molecule has 2 heterocycles. The summed E-state index contributed by atoms with van der Waals surface area (Å²) in [6.07, 6.45) is 4.08. The Kier molecular flexibility index (Phi) is 5.37. The van der Waals surface area contributed by atoms with Gasteiger partial charge >= 0.3 is 11.9 Å². The fraction of sp³-hybridized carbons (Fsp3) is 0.421. The van der Waals surface area contributed by atoms with E-state index in [1.807, 2.05) is 6.92 Å². The van der Waals surface area contributed by atoms with Gasteiger partial charge in [-0.3, -0.25) is 9.59 Å². The quantitative estimate of drug-likeness (QED) is 0.440. The fourth-order valence-corrected chi connectivity index (χ4v) is 3.22. The van der Waals surface area contributed by atoms with Crippen LogP contribution in [0.3, 0.4) is 0 Å². The molecule has 0 radical (unpaired) electrons. The number of carbonyl (C=O) groups is 3. The van der Waals surface area contributed by atoms with Gasteiger partial charge in [0.15, 0.2) is 0 Å². The zero-order valence-electron chi connectivity index (χ0n) is 14.4. The highest BCUT2D eigenvalue weighted by Gasteiger charge is 2.53. The summed E-state index contributed by atoms with van der Waals surface area (Å²) in [4.78, 5) is 35.8. The number of carbonyl (C=O) groups excluding carboxylic acids is 2. The maximum absolute atomic E-state index is 12.5. The first-order chi connectivity index (χ1) is 12.5. The average molecular weight is 359 g/mol. The van der Waals surface area contributed by atoms with E-state index in [1.165, 1.54) is 0 Å². The third-order valence-electron chi connectivity index (χ3n) is 4.61. The van der Waals surface area contributed by atoms with Crippen LogP contribution in [-0.2, 0) is 19.1 Å². The summed E-state index contributed by atoms with van der Waals surface area (Å²) in [5, 5.41) is 12.1. The minimum atomic E-state index is -1.05. The molecule has 138 valence electrons. The average Bonchev–Trinajstić information content (AvgIpc) is 3.23. The molecule has 0 unspecified atom stereocenters. The minimum absolute atomic E-state index is 0.377. The summed E-state index contributed by atoms with van der Waals surface area (Å²) in [6, 6.07) is 6.31. The van der Waals surface area contributed by atoms with Crippen LogP contribution < -0.4 is 5.32 Å². The molecule has 26 heavy (non-hydrogen) atoms. The molecular formula is C19H21NO6. The molecule has 7 heteroatoms. The highest BCUT2D eigenvalue weighted by molar-refractivity contribution is 5.97. The molecule has 1 aromatic carbocycles. The number of hydrogen-bond donors (Lipinski definition) is 2. The lowest BCUT2D eigenvalue weighted by Crippen LogP contribution is -2.39. The van der Waals surface area contributed by atoms with Crippen LogP contribution in [0.5, 0.6) is 0 Å². The van der Waals surface area contributed by atoms with Crippen molar-refractivity contribution in [2.75, 3.05) is 11.9 Å². The molecule has 2 aliphatic rings. The predicted octanol–water partition coefficient (Wildman–Crippen LogP) is 2.24. The Hall–Kier alpha value is -2.67. The summed E-state index contributed by atoms with van der Waals surface area (Å²) < 4.78 is 10.6. The van der Waals surface area contributed by atoms with Crippen LogP contribution in [0.25, 0.3) is 0 Å². The number of unbranched alkanes of at least 4 members (excludes halogenated alkanes) is 1. The number of amides is 1. The van der Waals surface area contributed by atoms with Gasteiger partial charge in [-0.05, 0) is 30.7 Å². The van der Waals surface area contributed by atoms with Crippen molar-refractivity contribution in [3.63, 3.8) is 0 Å². The van der Waals surface area contributed by atoms with Gasteiger partial charge in [0.25, 0.3) is 0 Å². The zero-order valence-corrected chi connectivity index (χ0v) is 14.4. The van der Waals surface area contributed by atoms with Crippen LogP contribution in [-0.4, -0.2) is 41.8 Å². The molecule has 0 spiro atoms. The van der Waals surface area contributed by atoms with Crippen molar-refractivity contribution in [3.8, 4) is 0 Å². The maximum Gasteiger partial charge on any atom is 0.338 e. The Labute approximate surface area is 151 Å². The standard InChI is InChI=1S/C19H21NO6/c1-2-3-10-25-19(24)11-4-6-12(7-5-11)20-17(21)15-13-8-9-14(26-13)16(15)18(22)23/h4-9,13-16H,2-3,10H2,1H3,(H,20,21)(H,22,23)/t13-,14+,15+,16+/m1/s1. The Bertz CT molecular complexity index is 726. The smallest absolute Gasteiger partial charge is 0.338 e. The zero-order chi connectivity index (χ0) is 18.7. The molecule has 1 amide bonds. The minimum Gasteiger partial charge on any atom is -0.481 e. The molecule has 1 fully saturated rings. The van der Waals surface area contributed by atoms with Gasteiger partial charge in [0.05, 0.1) is 30.3 Å². The molecule has 2 bridgehead atoms. The number of nitrogens with one attached hydrogen (secondary N) is 1. The lowest BCUT2D eigenvalue weighted by molar-refractivity contribution is -0.145. The van der Waals surface area contributed by atoms with E-state index in [4.69, 9.17) is 9.47 Å². The van der Waals surface area contributed by atoms with E-state index >= 15 is 0 Å². The number of anilines is 1. The van der Waals surface area contributed by atoms with Gasteiger partial charge in [-0.25, -0.2) is 4.79 Å². The van der Waals surface area contributed by atoms with E-state index < -0.39 is 41.9 Å². The van der Waals surface area contributed by atoms with Crippen molar-refractivity contribution in [1.29, 1.82) is 0 Å². The van der Waals surface area contributed by atoms with Gasteiger partial charge in [0.2, 0.25) is 5.91 Å². The largest absolute Gasteiger partial charge is 0.481 e. The molecule has 0 aliphatic carbocycles. The fourth-order valence-electron chi connectivity index (χ4n) is 3.22. The molecular weight excluding hydrogens is 338 g/mol. The van der Waals surface area contributed by atoms with E-state index in [2.05, 4.69) is 5.32 Å². The second-order valence-electron chi connectivity index (χ2n) is 6.40. The topological polar surface area (TPSA) is 102 Å². The van der Waals surface area contributed by atoms with Gasteiger partial charge in [-0.15, -0.1) is 0 Å². The number of carboxylic acids is 1. The number of esters is 1. The van der Waals surface area contributed by atoms with E-state index in [0.717, 1.165) is 12.8 Å². The number of aliphatic carboxylic acids is 1. The number of benzene rings is 1. The van der Waals surface area contributed by atoms with Gasteiger partial charge in [0, 0.05) is 5.69 Å². The first-order valence-electron chi connectivity index (χ1n) is 8.66. The van der Waals surface area contributed by atoms with Gasteiger partial charge in [-0.1, -0.05) is 25.5 Å². The molecule has 2 aliphatic heterocycles. The molecule has 7 nitrogen and oxygen atoms in total. The van der Waals surface area contributed by atoms with Crippen LogP contribution in [0.15, 0.2) is 36.4 Å². The predicted molar refractivity (Wildman–Crippen MR) is 92.7 cm³/mol. The molecule has 4 atom stereocenters. The highest BCUT2D eigenvalue weighted by atomic mass is 16.5. The van der Waals surface area contributed by atoms with Gasteiger partial charge < -0.3 is 19.9 Å². The summed E-state index contributed by atoms with van der Waals surface area (Å²) in [7, 11) is 0. The number of hydrogen-bond acceptors (Lipinski definition) is 5. The summed E-state index contributed by atoms with van der Waals surface area (Å²) in [5.74, 6) is -3.53. The van der Waals surface area contributed by atoms with Gasteiger partial charge in [-0.2, -0.15) is 0 Å². The van der Waals surface area contributed by atoms with E-state index in [0.29, 0.717) is 17.9 Å². The second kappa shape index (κ2) is 7.70. The second-order valence-corrected chi connectivity index (χ2v) is 6.40. The Morgan fingerprint density at radius 2 is 1.77 bits per heavy atom. The molecule has 1 aromatic rings. The Morgan fingerprint density at radius 3 is 2.38 bits per heavy atom. The van der Waals surface area contributed by atoms with E-state index in [9.17, 15) is 19.5 Å². The molecule has 1 saturated heterocycles. The molecule has 0 saturated carbocycles. The Morgan fingerprint density at radius 1 is 1.12 bits per heavy atom. The molecule has 3 rings (SSSR count). The van der Waals surface area contributed by atoms with E-state index in [-0.39, 0.29) is 0 Å². The lowest BCUT2D eigenvalue weighted by atomic mass is 9.82. The van der Waals surface area contributed by atoms with Crippen LogP contribution in [0.1, 0.15) is 30.1 Å². The van der Waals surface area contributed by atoms with Crippen molar-refractivity contribution in [2.24, 2.45) is 11.8 Å². The highest BCUT2D eigenvalue weighted by Crippen LogP contribution is 2.39. The molecule has 2 N–H and O–H groups in total. The normalized spacial score (nSPS) is 25.9. The van der Waals surface area contributed by atoms with Crippen molar-refractivity contribution in [2.45, 2.75) is 32.0 Å². The third-order valence-corrected chi connectivity index (χ3v) is 4.61. The summed E-state index contributed by atoms with van der Waals surface area (Å²) >= 11 is 0. The third kappa shape index (κ3) is 3.62. The van der Waals surface area contributed by atoms with Crippen LogP contribution >= 0.6 is 0 Å². The summed E-state index contributed by atoms with van der Waals surface area (Å²) in [5.41, 5.74) is 0.879. The van der Waals surface area contributed by atoms with Crippen LogP contribution in [0, 0.1) is 11.8 Å².